The summed E-state index contributed by atoms with van der Waals surface area (Å²) < 4.78 is 19.0. The second-order valence-electron chi connectivity index (χ2n) is 5.14. The zero-order valence-electron chi connectivity index (χ0n) is 11.5. The van der Waals surface area contributed by atoms with Crippen LogP contribution in [0.2, 0.25) is 5.02 Å². The normalized spacial score (nSPS) is 18.3. The first kappa shape index (κ1) is 14.8. The Morgan fingerprint density at radius 3 is 2.79 bits per heavy atom. The van der Waals surface area contributed by atoms with Crippen LogP contribution in [-0.2, 0) is 11.2 Å². The fraction of sp³-hybridized carbons (Fsp3) is 0.600. The van der Waals surface area contributed by atoms with Crippen LogP contribution in [0.5, 0.6) is 0 Å². The van der Waals surface area contributed by atoms with Gasteiger partial charge in [-0.25, -0.2) is 4.39 Å². The third-order valence-electron chi connectivity index (χ3n) is 3.67. The van der Waals surface area contributed by atoms with E-state index in [-0.39, 0.29) is 18.0 Å². The first-order chi connectivity index (χ1) is 9.15. The first-order valence-electron chi connectivity index (χ1n) is 6.85. The minimum absolute atomic E-state index is 0.180. The molecule has 2 atom stereocenters. The van der Waals surface area contributed by atoms with E-state index in [2.05, 4.69) is 12.2 Å². The van der Waals surface area contributed by atoms with Gasteiger partial charge in [-0.15, -0.1) is 0 Å². The Morgan fingerprint density at radius 2 is 2.21 bits per heavy atom. The molecule has 2 rings (SSSR count). The van der Waals surface area contributed by atoms with Crippen LogP contribution in [0.4, 0.5) is 4.39 Å². The Balaban J connectivity index is 2.12. The molecular weight excluding hydrogens is 265 g/mol. The summed E-state index contributed by atoms with van der Waals surface area (Å²) >= 11 is 6.15. The topological polar surface area (TPSA) is 21.3 Å². The highest BCUT2D eigenvalue weighted by Crippen LogP contribution is 2.36. The molecule has 0 aromatic heterocycles. The predicted molar refractivity (Wildman–Crippen MR) is 76.1 cm³/mol. The van der Waals surface area contributed by atoms with E-state index in [0.29, 0.717) is 17.4 Å². The van der Waals surface area contributed by atoms with Gasteiger partial charge in [-0.05, 0) is 55.5 Å². The fourth-order valence-electron chi connectivity index (χ4n) is 2.61. The average molecular weight is 286 g/mol. The van der Waals surface area contributed by atoms with Crippen LogP contribution >= 0.6 is 11.6 Å². The lowest BCUT2D eigenvalue weighted by molar-refractivity contribution is 0.0516. The molecule has 19 heavy (non-hydrogen) atoms. The molecule has 1 aliphatic rings. The van der Waals surface area contributed by atoms with Gasteiger partial charge in [0.05, 0.1) is 6.10 Å². The number of likely N-dealkylation sites (N-methyl/N-ethyl adjacent to an activating group) is 1. The van der Waals surface area contributed by atoms with Crippen molar-refractivity contribution in [3.63, 3.8) is 0 Å². The number of benzene rings is 1. The Labute approximate surface area is 119 Å². The van der Waals surface area contributed by atoms with Crippen molar-refractivity contribution in [3.05, 3.63) is 34.6 Å². The average Bonchev–Trinajstić information content (AvgIpc) is 3.19. The summed E-state index contributed by atoms with van der Waals surface area (Å²) in [4.78, 5) is 0. The Bertz CT molecular complexity index is 423. The maximum atomic E-state index is 13.3. The van der Waals surface area contributed by atoms with Crippen LogP contribution in [0.25, 0.3) is 0 Å². The minimum atomic E-state index is -0.241. The molecule has 0 amide bonds. The SMILES string of the molecule is CCNC(Cc1cc(F)ccc1Cl)C(OC)C1CC1. The van der Waals surface area contributed by atoms with E-state index in [1.54, 1.807) is 13.2 Å². The molecule has 1 fully saturated rings. The first-order valence-corrected chi connectivity index (χ1v) is 7.23. The Kier molecular flexibility index (Phi) is 5.20. The number of nitrogens with one attached hydrogen (secondary N) is 1. The summed E-state index contributed by atoms with van der Waals surface area (Å²) in [5.74, 6) is 0.386. The van der Waals surface area contributed by atoms with Crippen LogP contribution < -0.4 is 5.32 Å². The van der Waals surface area contributed by atoms with E-state index in [9.17, 15) is 4.39 Å². The van der Waals surface area contributed by atoms with Gasteiger partial charge in [-0.1, -0.05) is 18.5 Å². The van der Waals surface area contributed by atoms with E-state index in [4.69, 9.17) is 16.3 Å². The van der Waals surface area contributed by atoms with Crippen LogP contribution in [0.3, 0.4) is 0 Å². The molecule has 1 aromatic carbocycles. The second-order valence-corrected chi connectivity index (χ2v) is 5.55. The van der Waals surface area contributed by atoms with Crippen molar-refractivity contribution in [2.24, 2.45) is 5.92 Å². The largest absolute Gasteiger partial charge is 0.380 e. The third-order valence-corrected chi connectivity index (χ3v) is 4.04. The maximum absolute atomic E-state index is 13.3. The molecule has 0 aliphatic heterocycles. The lowest BCUT2D eigenvalue weighted by Gasteiger charge is -2.27. The lowest BCUT2D eigenvalue weighted by Crippen LogP contribution is -2.43. The highest BCUT2D eigenvalue weighted by Gasteiger charge is 2.36. The van der Waals surface area contributed by atoms with Gasteiger partial charge in [0.25, 0.3) is 0 Å². The van der Waals surface area contributed by atoms with Gasteiger partial charge >= 0.3 is 0 Å². The van der Waals surface area contributed by atoms with E-state index in [0.717, 1.165) is 12.1 Å². The zero-order valence-corrected chi connectivity index (χ0v) is 12.2. The molecule has 0 heterocycles. The Morgan fingerprint density at radius 1 is 1.47 bits per heavy atom. The molecule has 1 N–H and O–H groups in total. The number of methoxy groups -OCH3 is 1. The molecule has 0 saturated heterocycles. The van der Waals surface area contributed by atoms with Crippen LogP contribution in [0.15, 0.2) is 18.2 Å². The van der Waals surface area contributed by atoms with E-state index in [1.165, 1.54) is 25.0 Å². The number of ether oxygens (including phenoxy) is 1. The molecule has 4 heteroatoms. The van der Waals surface area contributed by atoms with Gasteiger partial charge in [0.2, 0.25) is 0 Å². The molecule has 2 unspecified atom stereocenters. The number of rotatable bonds is 7. The van der Waals surface area contributed by atoms with Gasteiger partial charge in [-0.3, -0.25) is 0 Å². The standard InChI is InChI=1S/C15H21ClFNO/c1-3-18-14(15(19-2)10-4-5-10)9-11-8-12(17)6-7-13(11)16/h6-8,10,14-15,18H,3-5,9H2,1-2H3. The molecule has 1 aromatic rings. The molecule has 2 nitrogen and oxygen atoms in total. The van der Waals surface area contributed by atoms with Crippen molar-refractivity contribution in [3.8, 4) is 0 Å². The van der Waals surface area contributed by atoms with Crippen LogP contribution in [0, 0.1) is 11.7 Å². The quantitative estimate of drug-likeness (QED) is 0.829. The van der Waals surface area contributed by atoms with Gasteiger partial charge in [0.15, 0.2) is 0 Å². The van der Waals surface area contributed by atoms with Crippen molar-refractivity contribution in [1.29, 1.82) is 0 Å². The van der Waals surface area contributed by atoms with Crippen LogP contribution in [0.1, 0.15) is 25.3 Å². The van der Waals surface area contributed by atoms with Gasteiger partial charge in [0.1, 0.15) is 5.82 Å². The summed E-state index contributed by atoms with van der Waals surface area (Å²) in [6.07, 6.45) is 3.31. The van der Waals surface area contributed by atoms with E-state index in [1.807, 2.05) is 0 Å². The van der Waals surface area contributed by atoms with Crippen LogP contribution in [-0.4, -0.2) is 25.8 Å². The third kappa shape index (κ3) is 3.91. The number of halogens is 2. The molecule has 1 saturated carbocycles. The van der Waals surface area contributed by atoms with Gasteiger partial charge in [0, 0.05) is 18.2 Å². The van der Waals surface area contributed by atoms with Gasteiger partial charge in [-0.2, -0.15) is 0 Å². The summed E-state index contributed by atoms with van der Waals surface area (Å²) in [6.45, 7) is 2.93. The smallest absolute Gasteiger partial charge is 0.123 e. The van der Waals surface area contributed by atoms with Crippen molar-refractivity contribution < 1.29 is 9.13 Å². The van der Waals surface area contributed by atoms with Crippen molar-refractivity contribution in [2.45, 2.75) is 38.3 Å². The van der Waals surface area contributed by atoms with Crippen molar-refractivity contribution in [1.82, 2.24) is 5.32 Å². The second kappa shape index (κ2) is 6.69. The maximum Gasteiger partial charge on any atom is 0.123 e. The molecule has 0 radical (unpaired) electrons. The zero-order chi connectivity index (χ0) is 13.8. The molecular formula is C15H21ClFNO. The number of hydrogen-bond donors (Lipinski definition) is 1. The molecule has 106 valence electrons. The molecule has 0 bridgehead atoms. The van der Waals surface area contributed by atoms with Crippen molar-refractivity contribution >= 4 is 11.6 Å². The molecule has 1 aliphatic carbocycles. The lowest BCUT2D eigenvalue weighted by atomic mass is 9.98. The monoisotopic (exact) mass is 285 g/mol. The van der Waals surface area contributed by atoms with E-state index < -0.39 is 0 Å². The summed E-state index contributed by atoms with van der Waals surface area (Å²) in [5, 5.41) is 4.06. The summed E-state index contributed by atoms with van der Waals surface area (Å²) in [6, 6.07) is 4.71. The fourth-order valence-corrected chi connectivity index (χ4v) is 2.81. The highest BCUT2D eigenvalue weighted by atomic mass is 35.5. The van der Waals surface area contributed by atoms with Crippen molar-refractivity contribution in [2.75, 3.05) is 13.7 Å². The molecule has 0 spiro atoms. The summed E-state index contributed by atoms with van der Waals surface area (Å²) in [5.41, 5.74) is 0.843. The van der Waals surface area contributed by atoms with E-state index >= 15 is 0 Å². The minimum Gasteiger partial charge on any atom is -0.380 e. The summed E-state index contributed by atoms with van der Waals surface area (Å²) in [7, 11) is 1.75. The van der Waals surface area contributed by atoms with Gasteiger partial charge < -0.3 is 10.1 Å². The Hall–Kier alpha value is -0.640. The number of hydrogen-bond acceptors (Lipinski definition) is 2. The predicted octanol–water partition coefficient (Wildman–Crippen LogP) is 3.42. The highest BCUT2D eigenvalue weighted by molar-refractivity contribution is 6.31.